The Hall–Kier alpha value is -0.840. The number of hydrogen-bond acceptors (Lipinski definition) is 4. The lowest BCUT2D eigenvalue weighted by Gasteiger charge is -2.19. The average molecular weight is 251 g/mol. The summed E-state index contributed by atoms with van der Waals surface area (Å²) in [6, 6.07) is 2.15. The summed E-state index contributed by atoms with van der Waals surface area (Å²) in [6.45, 7) is 5.41. The van der Waals surface area contributed by atoms with Gasteiger partial charge in [0, 0.05) is 25.2 Å². The quantitative estimate of drug-likeness (QED) is 0.828. The Bertz CT molecular complexity index is 364. The Morgan fingerprint density at radius 3 is 3.06 bits per heavy atom. The van der Waals surface area contributed by atoms with E-state index in [-0.39, 0.29) is 0 Å². The van der Waals surface area contributed by atoms with Gasteiger partial charge in [0.25, 0.3) is 0 Å². The van der Waals surface area contributed by atoms with Crippen molar-refractivity contribution < 1.29 is 4.42 Å². The maximum absolute atomic E-state index is 5.58. The molecule has 0 amide bonds. The van der Waals surface area contributed by atoms with E-state index in [1.807, 2.05) is 13.3 Å². The number of nitrogens with one attached hydrogen (secondary N) is 1. The summed E-state index contributed by atoms with van der Waals surface area (Å²) in [5.74, 6) is 1.88. The molecule has 1 saturated heterocycles. The van der Waals surface area contributed by atoms with Crippen molar-refractivity contribution in [1.29, 1.82) is 0 Å². The molecule has 2 rings (SSSR count). The van der Waals surface area contributed by atoms with E-state index in [9.17, 15) is 0 Å². The molecule has 2 heterocycles. The molecule has 4 nitrogen and oxygen atoms in total. The van der Waals surface area contributed by atoms with Gasteiger partial charge >= 0.3 is 0 Å². The summed E-state index contributed by atoms with van der Waals surface area (Å²) >= 11 is 0. The van der Waals surface area contributed by atoms with Crippen molar-refractivity contribution in [2.75, 3.05) is 40.8 Å². The Kier molecular flexibility index (Phi) is 4.80. The van der Waals surface area contributed by atoms with Crippen molar-refractivity contribution in [3.05, 3.63) is 23.7 Å². The lowest BCUT2D eigenvalue weighted by molar-refractivity contribution is 0.249. The van der Waals surface area contributed by atoms with Gasteiger partial charge in [-0.1, -0.05) is 0 Å². The minimum absolute atomic E-state index is 0.812. The molecule has 1 N–H and O–H groups in total. The van der Waals surface area contributed by atoms with Gasteiger partial charge in [0.1, 0.15) is 5.76 Å². The molecule has 0 radical (unpaired) electrons. The van der Waals surface area contributed by atoms with Crippen LogP contribution in [0.25, 0.3) is 0 Å². The van der Waals surface area contributed by atoms with Crippen molar-refractivity contribution in [2.24, 2.45) is 5.92 Å². The van der Waals surface area contributed by atoms with Crippen molar-refractivity contribution in [3.63, 3.8) is 0 Å². The van der Waals surface area contributed by atoms with Gasteiger partial charge in [0.05, 0.1) is 12.8 Å². The molecule has 1 aliphatic heterocycles. The first-order chi connectivity index (χ1) is 8.67. The largest absolute Gasteiger partial charge is 0.468 e. The molecule has 1 aliphatic rings. The molecule has 18 heavy (non-hydrogen) atoms. The molecule has 0 aromatic carbocycles. The van der Waals surface area contributed by atoms with E-state index in [0.29, 0.717) is 0 Å². The topological polar surface area (TPSA) is 31.7 Å². The standard InChI is InChI=1S/C14H25N3O/c1-15-7-13-6-14(18-11-13)10-17(3)9-12-4-5-16(2)8-12/h6,11-12,15H,4-5,7-10H2,1-3H3. The highest BCUT2D eigenvalue weighted by Gasteiger charge is 2.20. The average Bonchev–Trinajstić information content (AvgIpc) is 2.89. The van der Waals surface area contributed by atoms with Gasteiger partial charge in [-0.25, -0.2) is 0 Å². The molecular weight excluding hydrogens is 226 g/mol. The number of likely N-dealkylation sites (tertiary alicyclic amines) is 1. The summed E-state index contributed by atoms with van der Waals surface area (Å²) in [7, 11) is 6.34. The van der Waals surface area contributed by atoms with Crippen LogP contribution in [0.2, 0.25) is 0 Å². The molecule has 1 aromatic heterocycles. The second-order valence-corrected chi connectivity index (χ2v) is 5.57. The van der Waals surface area contributed by atoms with E-state index >= 15 is 0 Å². The number of rotatable bonds is 6. The van der Waals surface area contributed by atoms with E-state index < -0.39 is 0 Å². The van der Waals surface area contributed by atoms with Crippen LogP contribution < -0.4 is 5.32 Å². The molecule has 1 fully saturated rings. The predicted molar refractivity (Wildman–Crippen MR) is 73.4 cm³/mol. The maximum atomic E-state index is 5.58. The van der Waals surface area contributed by atoms with E-state index in [1.54, 1.807) is 0 Å². The van der Waals surface area contributed by atoms with Crippen molar-refractivity contribution in [1.82, 2.24) is 15.1 Å². The maximum Gasteiger partial charge on any atom is 0.118 e. The fourth-order valence-electron chi connectivity index (χ4n) is 2.75. The van der Waals surface area contributed by atoms with E-state index in [1.165, 1.54) is 25.1 Å². The van der Waals surface area contributed by atoms with Crippen molar-refractivity contribution in [3.8, 4) is 0 Å². The van der Waals surface area contributed by atoms with Gasteiger partial charge in [-0.05, 0) is 46.1 Å². The molecule has 0 saturated carbocycles. The van der Waals surface area contributed by atoms with Crippen LogP contribution in [-0.2, 0) is 13.1 Å². The molecule has 0 aliphatic carbocycles. The van der Waals surface area contributed by atoms with Crippen molar-refractivity contribution in [2.45, 2.75) is 19.5 Å². The Morgan fingerprint density at radius 2 is 2.39 bits per heavy atom. The van der Waals surface area contributed by atoms with Crippen LogP contribution in [0.4, 0.5) is 0 Å². The van der Waals surface area contributed by atoms with E-state index in [0.717, 1.165) is 31.3 Å². The third kappa shape index (κ3) is 3.83. The van der Waals surface area contributed by atoms with Crippen LogP contribution in [-0.4, -0.2) is 50.6 Å². The summed E-state index contributed by atoms with van der Waals surface area (Å²) < 4.78 is 5.58. The molecule has 0 bridgehead atoms. The molecule has 1 atom stereocenters. The molecule has 102 valence electrons. The van der Waals surface area contributed by atoms with Gasteiger partial charge in [-0.15, -0.1) is 0 Å². The monoisotopic (exact) mass is 251 g/mol. The third-order valence-corrected chi connectivity index (χ3v) is 3.57. The first kappa shape index (κ1) is 13.6. The summed E-state index contributed by atoms with van der Waals surface area (Å²) in [5.41, 5.74) is 1.22. The van der Waals surface area contributed by atoms with Crippen LogP contribution in [0.5, 0.6) is 0 Å². The van der Waals surface area contributed by atoms with Gasteiger partial charge in [0.2, 0.25) is 0 Å². The fraction of sp³-hybridized carbons (Fsp3) is 0.714. The van der Waals surface area contributed by atoms with Gasteiger partial charge in [-0.2, -0.15) is 0 Å². The first-order valence-corrected chi connectivity index (χ1v) is 6.75. The Balaban J connectivity index is 1.77. The first-order valence-electron chi connectivity index (χ1n) is 6.75. The number of hydrogen-bond donors (Lipinski definition) is 1. The van der Waals surface area contributed by atoms with Gasteiger partial charge in [-0.3, -0.25) is 4.90 Å². The minimum Gasteiger partial charge on any atom is -0.468 e. The highest BCUT2D eigenvalue weighted by Crippen LogP contribution is 2.17. The minimum atomic E-state index is 0.812. The zero-order valence-electron chi connectivity index (χ0n) is 11.8. The van der Waals surface area contributed by atoms with Crippen LogP contribution in [0, 0.1) is 5.92 Å². The zero-order chi connectivity index (χ0) is 13.0. The van der Waals surface area contributed by atoms with Crippen LogP contribution >= 0.6 is 0 Å². The lowest BCUT2D eigenvalue weighted by Crippen LogP contribution is -2.26. The smallest absolute Gasteiger partial charge is 0.118 e. The number of nitrogens with zero attached hydrogens (tertiary/aromatic N) is 2. The molecule has 4 heteroatoms. The second kappa shape index (κ2) is 6.36. The fourth-order valence-corrected chi connectivity index (χ4v) is 2.75. The van der Waals surface area contributed by atoms with Crippen LogP contribution in [0.1, 0.15) is 17.7 Å². The van der Waals surface area contributed by atoms with Crippen molar-refractivity contribution >= 4 is 0 Å². The highest BCUT2D eigenvalue weighted by molar-refractivity contribution is 5.12. The Morgan fingerprint density at radius 1 is 1.56 bits per heavy atom. The van der Waals surface area contributed by atoms with Gasteiger partial charge in [0.15, 0.2) is 0 Å². The Labute approximate surface area is 110 Å². The van der Waals surface area contributed by atoms with E-state index in [2.05, 4.69) is 35.3 Å². The normalized spacial score (nSPS) is 21.0. The zero-order valence-corrected chi connectivity index (χ0v) is 11.8. The summed E-state index contributed by atoms with van der Waals surface area (Å²) in [4.78, 5) is 4.78. The molecule has 1 aromatic rings. The molecule has 0 spiro atoms. The second-order valence-electron chi connectivity index (χ2n) is 5.57. The van der Waals surface area contributed by atoms with Crippen LogP contribution in [0.3, 0.4) is 0 Å². The molecule has 1 unspecified atom stereocenters. The van der Waals surface area contributed by atoms with Gasteiger partial charge < -0.3 is 14.6 Å². The van der Waals surface area contributed by atoms with E-state index in [4.69, 9.17) is 4.42 Å². The number of furan rings is 1. The predicted octanol–water partition coefficient (Wildman–Crippen LogP) is 1.38. The molecular formula is C14H25N3O. The third-order valence-electron chi connectivity index (χ3n) is 3.57. The summed E-state index contributed by atoms with van der Waals surface area (Å²) in [5, 5.41) is 3.14. The lowest BCUT2D eigenvalue weighted by atomic mass is 10.1. The summed E-state index contributed by atoms with van der Waals surface area (Å²) in [6.07, 6.45) is 3.17. The SMILES string of the molecule is CNCc1coc(CN(C)CC2CCN(C)C2)c1. The van der Waals surface area contributed by atoms with Crippen LogP contribution in [0.15, 0.2) is 16.7 Å². The highest BCUT2D eigenvalue weighted by atomic mass is 16.3.